The number of anilines is 3. The van der Waals surface area contributed by atoms with Crippen LogP contribution in [0.15, 0.2) is 36.7 Å². The Labute approximate surface area is 153 Å². The number of aliphatic carboxylic acids is 1. The number of carbonyl (C=O) groups is 1. The van der Waals surface area contributed by atoms with Crippen molar-refractivity contribution in [3.63, 3.8) is 0 Å². The van der Waals surface area contributed by atoms with Gasteiger partial charge in [0.25, 0.3) is 0 Å². The second-order valence-corrected chi connectivity index (χ2v) is 6.76. The van der Waals surface area contributed by atoms with Gasteiger partial charge in [-0.25, -0.2) is 9.97 Å². The third-order valence-corrected chi connectivity index (χ3v) is 5.18. The van der Waals surface area contributed by atoms with Crippen molar-refractivity contribution < 1.29 is 23.1 Å². The highest BCUT2D eigenvalue weighted by molar-refractivity contribution is 5.73. The number of halogens is 3. The van der Waals surface area contributed by atoms with Crippen molar-refractivity contribution in [3.8, 4) is 0 Å². The van der Waals surface area contributed by atoms with Crippen LogP contribution in [0, 0.1) is 11.8 Å². The minimum Gasteiger partial charge on any atom is -0.481 e. The lowest BCUT2D eigenvalue weighted by molar-refractivity contribution is -0.187. The van der Waals surface area contributed by atoms with E-state index < -0.39 is 30.5 Å². The molecule has 2 atom stereocenters. The molecular formula is C18H17F3N4O2. The van der Waals surface area contributed by atoms with E-state index in [0.29, 0.717) is 11.6 Å². The zero-order valence-electron chi connectivity index (χ0n) is 14.2. The molecule has 0 amide bonds. The summed E-state index contributed by atoms with van der Waals surface area (Å²) in [5.41, 5.74) is 2.20. The van der Waals surface area contributed by atoms with Gasteiger partial charge >= 0.3 is 12.1 Å². The Balaban J connectivity index is 1.61. The maximum absolute atomic E-state index is 13.2. The summed E-state index contributed by atoms with van der Waals surface area (Å²) in [6, 6.07) is 9.51. The van der Waals surface area contributed by atoms with Crippen molar-refractivity contribution in [1.82, 2.24) is 9.97 Å². The van der Waals surface area contributed by atoms with Crippen LogP contribution in [0.4, 0.5) is 30.5 Å². The first-order chi connectivity index (χ1) is 12.8. The summed E-state index contributed by atoms with van der Waals surface area (Å²) in [6.07, 6.45) is -2.40. The minimum absolute atomic E-state index is 0.230. The van der Waals surface area contributed by atoms with Crippen LogP contribution in [0.5, 0.6) is 0 Å². The molecule has 2 aliphatic heterocycles. The number of carboxylic acid groups (broad SMARTS) is 1. The molecule has 6 nitrogen and oxygen atoms in total. The lowest BCUT2D eigenvalue weighted by Crippen LogP contribution is -2.33. The predicted molar refractivity (Wildman–Crippen MR) is 92.1 cm³/mol. The number of para-hydroxylation sites is 1. The van der Waals surface area contributed by atoms with E-state index in [-0.39, 0.29) is 6.54 Å². The van der Waals surface area contributed by atoms with Gasteiger partial charge < -0.3 is 14.9 Å². The Morgan fingerprint density at radius 1 is 1.15 bits per heavy atom. The fourth-order valence-electron chi connectivity index (χ4n) is 3.81. The molecule has 1 aromatic heterocycles. The van der Waals surface area contributed by atoms with Gasteiger partial charge in [-0.1, -0.05) is 18.2 Å². The Morgan fingerprint density at radius 3 is 2.59 bits per heavy atom. The van der Waals surface area contributed by atoms with E-state index in [0.717, 1.165) is 18.7 Å². The second-order valence-electron chi connectivity index (χ2n) is 6.76. The van der Waals surface area contributed by atoms with Gasteiger partial charge in [0.15, 0.2) is 0 Å². The summed E-state index contributed by atoms with van der Waals surface area (Å²) in [5.74, 6) is -3.96. The standard InChI is InChI=1S/C18H17F3N4O2/c19-18(20,21)13-9-24(8-12(13)17(26)27)15-7-16(23-10-22-15)25-6-5-11-3-1-2-4-14(11)25/h1-4,7,10,12-13H,5-6,8-9H2,(H,26,27)/t12-,13-/m1/s1. The molecule has 9 heteroatoms. The first-order valence-electron chi connectivity index (χ1n) is 8.56. The van der Waals surface area contributed by atoms with Gasteiger partial charge in [-0.2, -0.15) is 13.2 Å². The summed E-state index contributed by atoms with van der Waals surface area (Å²) >= 11 is 0. The Kier molecular flexibility index (Phi) is 4.16. The molecule has 0 spiro atoms. The highest BCUT2D eigenvalue weighted by atomic mass is 19.4. The van der Waals surface area contributed by atoms with Gasteiger partial charge in [-0.3, -0.25) is 4.79 Å². The van der Waals surface area contributed by atoms with Crippen LogP contribution in [0.2, 0.25) is 0 Å². The van der Waals surface area contributed by atoms with Crippen LogP contribution in [0.1, 0.15) is 5.56 Å². The van der Waals surface area contributed by atoms with E-state index in [2.05, 4.69) is 9.97 Å². The maximum atomic E-state index is 13.2. The number of hydrogen-bond acceptors (Lipinski definition) is 5. The van der Waals surface area contributed by atoms with Crippen LogP contribution in [-0.2, 0) is 11.2 Å². The van der Waals surface area contributed by atoms with Crippen LogP contribution in [0.25, 0.3) is 0 Å². The normalized spacial score (nSPS) is 22.2. The molecule has 2 aliphatic rings. The number of aromatic nitrogens is 2. The van der Waals surface area contributed by atoms with Crippen LogP contribution < -0.4 is 9.80 Å². The highest BCUT2D eigenvalue weighted by Gasteiger charge is 2.52. The number of nitrogens with zero attached hydrogens (tertiary/aromatic N) is 4. The first kappa shape index (κ1) is 17.6. The van der Waals surface area contributed by atoms with Crippen LogP contribution >= 0.6 is 0 Å². The van der Waals surface area contributed by atoms with Gasteiger partial charge in [-0.05, 0) is 18.1 Å². The highest BCUT2D eigenvalue weighted by Crippen LogP contribution is 2.40. The zero-order valence-corrected chi connectivity index (χ0v) is 14.2. The fraction of sp³-hybridized carbons (Fsp3) is 0.389. The van der Waals surface area contributed by atoms with E-state index in [1.807, 2.05) is 29.2 Å². The van der Waals surface area contributed by atoms with Gasteiger partial charge in [0, 0.05) is 31.4 Å². The summed E-state index contributed by atoms with van der Waals surface area (Å²) < 4.78 is 39.7. The molecule has 0 unspecified atom stereocenters. The molecule has 0 radical (unpaired) electrons. The predicted octanol–water partition coefficient (Wildman–Crippen LogP) is 2.87. The molecular weight excluding hydrogens is 361 g/mol. The van der Waals surface area contributed by atoms with Gasteiger partial charge in [0.2, 0.25) is 0 Å². The number of benzene rings is 1. The average molecular weight is 378 g/mol. The quantitative estimate of drug-likeness (QED) is 0.886. The SMILES string of the molecule is O=C(O)[C@@H]1CN(c2cc(N3CCc4ccccc43)ncn2)C[C@H]1C(F)(F)F. The molecule has 1 aromatic carbocycles. The molecule has 0 aliphatic carbocycles. The number of rotatable bonds is 3. The summed E-state index contributed by atoms with van der Waals surface area (Å²) in [4.78, 5) is 23.0. The summed E-state index contributed by atoms with van der Waals surface area (Å²) in [5, 5.41) is 9.18. The molecule has 1 N–H and O–H groups in total. The number of hydrogen-bond donors (Lipinski definition) is 1. The first-order valence-corrected chi connectivity index (χ1v) is 8.56. The molecule has 2 aromatic rings. The third kappa shape index (κ3) is 3.17. The summed E-state index contributed by atoms with van der Waals surface area (Å²) in [6.45, 7) is 0.0682. The monoisotopic (exact) mass is 378 g/mol. The topological polar surface area (TPSA) is 69.6 Å². The van der Waals surface area contributed by atoms with Gasteiger partial charge in [0.05, 0.1) is 11.8 Å². The van der Waals surface area contributed by atoms with Crippen molar-refractivity contribution >= 4 is 23.3 Å². The smallest absolute Gasteiger partial charge is 0.394 e. The molecule has 0 saturated carbocycles. The van der Waals surface area contributed by atoms with Crippen molar-refractivity contribution in [2.45, 2.75) is 12.6 Å². The van der Waals surface area contributed by atoms with E-state index in [4.69, 9.17) is 0 Å². The van der Waals surface area contributed by atoms with Crippen molar-refractivity contribution in [2.75, 3.05) is 29.4 Å². The van der Waals surface area contributed by atoms with E-state index in [1.54, 1.807) is 6.07 Å². The van der Waals surface area contributed by atoms with E-state index in [9.17, 15) is 23.1 Å². The maximum Gasteiger partial charge on any atom is 0.394 e. The lowest BCUT2D eigenvalue weighted by Gasteiger charge is -2.22. The molecule has 3 heterocycles. The van der Waals surface area contributed by atoms with Crippen LogP contribution in [-0.4, -0.2) is 46.9 Å². The number of carboxylic acids is 1. The third-order valence-electron chi connectivity index (χ3n) is 5.18. The summed E-state index contributed by atoms with van der Waals surface area (Å²) in [7, 11) is 0. The Bertz CT molecular complexity index is 874. The molecule has 0 bridgehead atoms. The van der Waals surface area contributed by atoms with E-state index >= 15 is 0 Å². The number of alkyl halides is 3. The second kappa shape index (κ2) is 6.40. The molecule has 4 rings (SSSR count). The van der Waals surface area contributed by atoms with Crippen LogP contribution in [0.3, 0.4) is 0 Å². The van der Waals surface area contributed by atoms with Gasteiger partial charge in [0.1, 0.15) is 18.0 Å². The molecule has 27 heavy (non-hydrogen) atoms. The molecule has 1 saturated heterocycles. The van der Waals surface area contributed by atoms with Crippen molar-refractivity contribution in [1.29, 1.82) is 0 Å². The Hall–Kier alpha value is -2.84. The van der Waals surface area contributed by atoms with Crippen molar-refractivity contribution in [2.24, 2.45) is 11.8 Å². The van der Waals surface area contributed by atoms with Crippen molar-refractivity contribution in [3.05, 3.63) is 42.2 Å². The molecule has 142 valence electrons. The number of fused-ring (bicyclic) bond motifs is 1. The Morgan fingerprint density at radius 2 is 1.89 bits per heavy atom. The molecule has 1 fully saturated rings. The fourth-order valence-corrected chi connectivity index (χ4v) is 3.81. The van der Waals surface area contributed by atoms with E-state index in [1.165, 1.54) is 16.8 Å². The minimum atomic E-state index is -4.57. The van der Waals surface area contributed by atoms with Gasteiger partial charge in [-0.15, -0.1) is 0 Å². The lowest BCUT2D eigenvalue weighted by atomic mass is 9.96. The largest absolute Gasteiger partial charge is 0.481 e. The zero-order chi connectivity index (χ0) is 19.2. The average Bonchev–Trinajstić information content (AvgIpc) is 3.26.